The van der Waals surface area contributed by atoms with E-state index in [1.807, 2.05) is 13.8 Å². The number of halogens is 1. The van der Waals surface area contributed by atoms with E-state index in [2.05, 4.69) is 5.32 Å². The van der Waals surface area contributed by atoms with Gasteiger partial charge in [-0.3, -0.25) is 10.1 Å². The number of nitrogens with one attached hydrogen (secondary N) is 1. The number of aliphatic hydroxyl groups is 1. The van der Waals surface area contributed by atoms with Crippen LogP contribution in [-0.4, -0.2) is 23.2 Å². The fourth-order valence-electron chi connectivity index (χ4n) is 1.72. The highest BCUT2D eigenvalue weighted by Gasteiger charge is 2.19. The third-order valence-corrected chi connectivity index (χ3v) is 3.34. The Morgan fingerprint density at radius 1 is 1.47 bits per heavy atom. The topological polar surface area (TPSA) is 75.4 Å². The number of aryl methyl sites for hydroxylation is 1. The van der Waals surface area contributed by atoms with Crippen molar-refractivity contribution in [3.8, 4) is 0 Å². The van der Waals surface area contributed by atoms with Crippen LogP contribution in [0, 0.1) is 22.5 Å². The molecule has 6 heteroatoms. The van der Waals surface area contributed by atoms with Gasteiger partial charge < -0.3 is 10.4 Å². The molecule has 0 spiro atoms. The number of aliphatic hydroxyl groups excluding tert-OH is 1. The number of anilines is 1. The Hall–Kier alpha value is -1.33. The molecule has 0 saturated carbocycles. The van der Waals surface area contributed by atoms with E-state index in [-0.39, 0.29) is 22.7 Å². The molecule has 0 amide bonds. The first-order valence-electron chi connectivity index (χ1n) is 6.06. The summed E-state index contributed by atoms with van der Waals surface area (Å²) in [6.07, 6.45) is 0.680. The van der Waals surface area contributed by atoms with Crippen molar-refractivity contribution < 1.29 is 10.0 Å². The number of nitro benzene ring substituents is 1. The van der Waals surface area contributed by atoms with E-state index < -0.39 is 4.92 Å². The highest BCUT2D eigenvalue weighted by atomic mass is 35.5. The van der Waals surface area contributed by atoms with E-state index in [4.69, 9.17) is 16.7 Å². The maximum atomic E-state index is 10.8. The monoisotopic (exact) mass is 286 g/mol. The summed E-state index contributed by atoms with van der Waals surface area (Å²) in [5, 5.41) is 23.1. The Bertz CT molecular complexity index is 475. The number of nitrogens with zero attached hydrogens (tertiary/aromatic N) is 1. The summed E-state index contributed by atoms with van der Waals surface area (Å²) < 4.78 is 0. The molecule has 1 aromatic rings. The lowest BCUT2D eigenvalue weighted by Gasteiger charge is -2.25. The SMILES string of the molecule is Cc1cc([N+](=O)[O-])c(Cl)cc1NCC(C)(C)CCO. The molecule has 0 saturated heterocycles. The molecular formula is C13H19ClN2O3. The van der Waals surface area contributed by atoms with Crippen molar-refractivity contribution in [2.75, 3.05) is 18.5 Å². The smallest absolute Gasteiger partial charge is 0.288 e. The van der Waals surface area contributed by atoms with Crippen LogP contribution in [0.25, 0.3) is 0 Å². The Balaban J connectivity index is 2.86. The number of rotatable bonds is 6. The zero-order valence-corrected chi connectivity index (χ0v) is 12.1. The molecule has 2 N–H and O–H groups in total. The highest BCUT2D eigenvalue weighted by Crippen LogP contribution is 2.31. The number of hydrogen-bond acceptors (Lipinski definition) is 4. The lowest BCUT2D eigenvalue weighted by Crippen LogP contribution is -2.24. The van der Waals surface area contributed by atoms with E-state index in [1.165, 1.54) is 6.07 Å². The molecule has 0 aliphatic carbocycles. The standard InChI is InChI=1S/C13H19ClN2O3/c1-9-6-12(16(18)19)10(14)7-11(9)15-8-13(2,3)4-5-17/h6-7,15,17H,4-5,8H2,1-3H3. The van der Waals surface area contributed by atoms with Gasteiger partial charge in [0.15, 0.2) is 0 Å². The van der Waals surface area contributed by atoms with Crippen LogP contribution < -0.4 is 5.32 Å². The summed E-state index contributed by atoms with van der Waals surface area (Å²) in [7, 11) is 0. The van der Waals surface area contributed by atoms with E-state index >= 15 is 0 Å². The predicted molar refractivity (Wildman–Crippen MR) is 76.8 cm³/mol. The molecule has 0 unspecified atom stereocenters. The van der Waals surface area contributed by atoms with Crippen LogP contribution >= 0.6 is 11.6 Å². The van der Waals surface area contributed by atoms with Gasteiger partial charge in [0, 0.05) is 24.9 Å². The molecule has 0 fully saturated rings. The van der Waals surface area contributed by atoms with Crippen LogP contribution in [0.3, 0.4) is 0 Å². The van der Waals surface area contributed by atoms with Gasteiger partial charge in [0.05, 0.1) is 4.92 Å². The van der Waals surface area contributed by atoms with Crippen molar-refractivity contribution in [1.82, 2.24) is 0 Å². The maximum Gasteiger partial charge on any atom is 0.288 e. The normalized spacial score (nSPS) is 11.4. The van der Waals surface area contributed by atoms with Gasteiger partial charge >= 0.3 is 0 Å². The van der Waals surface area contributed by atoms with Crippen molar-refractivity contribution in [1.29, 1.82) is 0 Å². The number of hydrogen-bond donors (Lipinski definition) is 2. The van der Waals surface area contributed by atoms with Gasteiger partial charge in [-0.25, -0.2) is 0 Å². The molecule has 0 atom stereocenters. The van der Waals surface area contributed by atoms with Gasteiger partial charge in [0.2, 0.25) is 0 Å². The van der Waals surface area contributed by atoms with Crippen molar-refractivity contribution in [2.45, 2.75) is 27.2 Å². The minimum atomic E-state index is -0.491. The molecule has 0 radical (unpaired) electrons. The average molecular weight is 287 g/mol. The van der Waals surface area contributed by atoms with E-state index in [9.17, 15) is 10.1 Å². The van der Waals surface area contributed by atoms with E-state index in [0.717, 1.165) is 11.3 Å². The zero-order valence-electron chi connectivity index (χ0n) is 11.4. The quantitative estimate of drug-likeness (QED) is 0.621. The van der Waals surface area contributed by atoms with Crippen LogP contribution in [0.1, 0.15) is 25.8 Å². The summed E-state index contributed by atoms with van der Waals surface area (Å²) in [6, 6.07) is 3.04. The summed E-state index contributed by atoms with van der Waals surface area (Å²) in [5.74, 6) is 0. The van der Waals surface area contributed by atoms with Gasteiger partial charge in [-0.2, -0.15) is 0 Å². The second kappa shape index (κ2) is 6.21. The molecule has 106 valence electrons. The molecular weight excluding hydrogens is 268 g/mol. The molecule has 0 aromatic heterocycles. The Morgan fingerprint density at radius 3 is 2.63 bits per heavy atom. The Morgan fingerprint density at radius 2 is 2.11 bits per heavy atom. The fourth-order valence-corrected chi connectivity index (χ4v) is 1.95. The maximum absolute atomic E-state index is 10.8. The third kappa shape index (κ3) is 4.36. The number of benzene rings is 1. The minimum Gasteiger partial charge on any atom is -0.396 e. The van der Waals surface area contributed by atoms with Gasteiger partial charge in [0.1, 0.15) is 5.02 Å². The molecule has 0 heterocycles. The number of nitro groups is 1. The minimum absolute atomic E-state index is 0.0601. The predicted octanol–water partition coefficient (Wildman–Crippen LogP) is 3.38. The first-order chi connectivity index (χ1) is 8.76. The van der Waals surface area contributed by atoms with Crippen LogP contribution in [0.2, 0.25) is 5.02 Å². The van der Waals surface area contributed by atoms with E-state index in [1.54, 1.807) is 13.0 Å². The second-order valence-corrected chi connectivity index (χ2v) is 5.77. The van der Waals surface area contributed by atoms with Crippen molar-refractivity contribution in [3.63, 3.8) is 0 Å². The molecule has 0 aliphatic rings. The fraction of sp³-hybridized carbons (Fsp3) is 0.538. The van der Waals surface area contributed by atoms with Crippen molar-refractivity contribution >= 4 is 23.0 Å². The summed E-state index contributed by atoms with van der Waals surface area (Å²) >= 11 is 5.89. The average Bonchev–Trinajstić information content (AvgIpc) is 2.29. The first-order valence-corrected chi connectivity index (χ1v) is 6.44. The molecule has 0 bridgehead atoms. The van der Waals surface area contributed by atoms with Crippen LogP contribution in [-0.2, 0) is 0 Å². The molecule has 0 aliphatic heterocycles. The molecule has 1 rings (SSSR count). The van der Waals surface area contributed by atoms with E-state index in [0.29, 0.717) is 13.0 Å². The molecule has 5 nitrogen and oxygen atoms in total. The zero-order chi connectivity index (χ0) is 14.6. The van der Waals surface area contributed by atoms with Gasteiger partial charge in [-0.15, -0.1) is 0 Å². The van der Waals surface area contributed by atoms with Gasteiger partial charge in [-0.1, -0.05) is 25.4 Å². The van der Waals surface area contributed by atoms with Crippen molar-refractivity contribution in [3.05, 3.63) is 32.8 Å². The first kappa shape index (κ1) is 15.7. The van der Waals surface area contributed by atoms with Crippen LogP contribution in [0.5, 0.6) is 0 Å². The largest absolute Gasteiger partial charge is 0.396 e. The molecule has 19 heavy (non-hydrogen) atoms. The lowest BCUT2D eigenvalue weighted by molar-refractivity contribution is -0.384. The van der Waals surface area contributed by atoms with Gasteiger partial charge in [0.25, 0.3) is 5.69 Å². The Kier molecular flexibility index (Phi) is 5.14. The third-order valence-electron chi connectivity index (χ3n) is 3.04. The Labute approximate surface area is 117 Å². The van der Waals surface area contributed by atoms with Gasteiger partial charge in [-0.05, 0) is 30.4 Å². The van der Waals surface area contributed by atoms with Crippen molar-refractivity contribution in [2.24, 2.45) is 5.41 Å². The summed E-state index contributed by atoms with van der Waals surface area (Å²) in [6.45, 7) is 6.67. The van der Waals surface area contributed by atoms with Crippen LogP contribution in [0.4, 0.5) is 11.4 Å². The summed E-state index contributed by atoms with van der Waals surface area (Å²) in [4.78, 5) is 10.3. The lowest BCUT2D eigenvalue weighted by atomic mass is 9.89. The summed E-state index contributed by atoms with van der Waals surface area (Å²) in [5.41, 5.74) is 1.41. The molecule has 1 aromatic carbocycles. The highest BCUT2D eigenvalue weighted by molar-refractivity contribution is 6.33. The second-order valence-electron chi connectivity index (χ2n) is 5.37. The van der Waals surface area contributed by atoms with Crippen LogP contribution in [0.15, 0.2) is 12.1 Å².